The van der Waals surface area contributed by atoms with Gasteiger partial charge >= 0.3 is 0 Å². The van der Waals surface area contributed by atoms with E-state index in [0.717, 1.165) is 18.3 Å². The molecule has 6 aromatic carbocycles. The van der Waals surface area contributed by atoms with Crippen LogP contribution in [0.25, 0.3) is 21.2 Å². The first-order valence-electron chi connectivity index (χ1n) is 28.1. The number of thiophene rings is 1. The summed E-state index contributed by atoms with van der Waals surface area (Å²) < 4.78 is 2.81. The maximum absolute atomic E-state index is 2.75. The van der Waals surface area contributed by atoms with Crippen molar-refractivity contribution < 1.29 is 0 Å². The normalized spacial score (nSPS) is 20.8. The van der Waals surface area contributed by atoms with Gasteiger partial charge in [-0.15, -0.1) is 11.3 Å². The van der Waals surface area contributed by atoms with Gasteiger partial charge in [0, 0.05) is 43.2 Å². The predicted molar refractivity (Wildman–Crippen MR) is 320 cm³/mol. The molecule has 7 aromatic rings. The van der Waals surface area contributed by atoms with Gasteiger partial charge in [-0.05, 0) is 192 Å². The Morgan fingerprint density at radius 1 is 0.534 bits per heavy atom. The lowest BCUT2D eigenvalue weighted by atomic mass is 9.36. The molecule has 0 spiro atoms. The Morgan fingerprint density at radius 3 is 1.71 bits per heavy atom. The zero-order chi connectivity index (χ0) is 51.7. The van der Waals surface area contributed by atoms with E-state index < -0.39 is 0 Å². The fourth-order valence-electron chi connectivity index (χ4n) is 14.1. The molecule has 3 heterocycles. The molecule has 5 aliphatic rings. The smallest absolute Gasteiger partial charge is 0.264 e. The van der Waals surface area contributed by atoms with Crippen molar-refractivity contribution in [3.63, 3.8) is 0 Å². The first-order chi connectivity index (χ1) is 34.2. The van der Waals surface area contributed by atoms with Gasteiger partial charge in [0.25, 0.3) is 6.71 Å². The van der Waals surface area contributed by atoms with Crippen molar-refractivity contribution in [3.8, 4) is 11.1 Å². The van der Waals surface area contributed by atoms with Crippen LogP contribution in [0.1, 0.15) is 194 Å². The van der Waals surface area contributed by atoms with Crippen molar-refractivity contribution in [1.29, 1.82) is 0 Å². The maximum atomic E-state index is 2.75. The molecule has 3 unspecified atom stereocenters. The van der Waals surface area contributed by atoms with Crippen LogP contribution in [0.4, 0.5) is 34.1 Å². The quantitative estimate of drug-likeness (QED) is 0.162. The molecule has 3 aliphatic carbocycles. The van der Waals surface area contributed by atoms with Crippen LogP contribution in [0.5, 0.6) is 0 Å². The zero-order valence-electron chi connectivity index (χ0n) is 47.2. The minimum atomic E-state index is -0.120. The van der Waals surface area contributed by atoms with Crippen LogP contribution < -0.4 is 25.5 Å². The molecule has 0 saturated heterocycles. The molecule has 2 saturated carbocycles. The van der Waals surface area contributed by atoms with Crippen molar-refractivity contribution in [1.82, 2.24) is 0 Å². The summed E-state index contributed by atoms with van der Waals surface area (Å²) >= 11 is 2.02. The fourth-order valence-corrected chi connectivity index (χ4v) is 15.3. The van der Waals surface area contributed by atoms with Crippen LogP contribution in [0.2, 0.25) is 0 Å². The molecule has 376 valence electrons. The molecule has 2 nitrogen and oxygen atoms in total. The Morgan fingerprint density at radius 2 is 1.12 bits per heavy atom. The van der Waals surface area contributed by atoms with Gasteiger partial charge in [0.1, 0.15) is 0 Å². The van der Waals surface area contributed by atoms with Crippen molar-refractivity contribution in [3.05, 3.63) is 148 Å². The highest BCUT2D eigenvalue weighted by atomic mass is 32.1. The molecule has 4 heteroatoms. The first kappa shape index (κ1) is 48.9. The lowest BCUT2D eigenvalue weighted by molar-refractivity contribution is 0.332. The first-order valence-corrected chi connectivity index (χ1v) is 28.9. The molecule has 2 fully saturated rings. The van der Waals surface area contributed by atoms with Crippen molar-refractivity contribution in [2.45, 2.75) is 188 Å². The second-order valence-corrected chi connectivity index (χ2v) is 30.1. The van der Waals surface area contributed by atoms with E-state index >= 15 is 0 Å². The molecule has 2 bridgehead atoms. The molecule has 0 N–H and O–H groups in total. The van der Waals surface area contributed by atoms with Gasteiger partial charge in [0.2, 0.25) is 0 Å². The molecule has 73 heavy (non-hydrogen) atoms. The Balaban J connectivity index is 1.18. The highest BCUT2D eigenvalue weighted by Gasteiger charge is 2.48. The molecule has 3 atom stereocenters. The number of hydrogen-bond donors (Lipinski definition) is 0. The zero-order valence-corrected chi connectivity index (χ0v) is 48.1. The van der Waals surface area contributed by atoms with Gasteiger partial charge in [-0.3, -0.25) is 0 Å². The summed E-state index contributed by atoms with van der Waals surface area (Å²) in [4.78, 5) is 5.48. The standard InChI is InChI=1S/C69H81BN2S/c1-64(2,3)45-25-28-60-52(36-45)62-63(73-60)70-55-19-17-18-20-56(55)72(59-38-48(67(10,11)12)37-58(61(59)70)71(62)49-26-23-42(24-27-49)50-32-41-21-22-43(50)31-41)57-40-54-53(68(13,14)29-30-69(54,15)16)39-51(57)44-33-46(65(4,5)6)35-47(34-44)66(7,8)9/h17-20,23-28,33-41,43,50H,21-22,29-32H2,1-16H3. The number of benzene rings is 6. The van der Waals surface area contributed by atoms with Gasteiger partial charge in [-0.25, -0.2) is 0 Å². The third-order valence-electron chi connectivity index (χ3n) is 18.8. The van der Waals surface area contributed by atoms with E-state index in [2.05, 4.69) is 230 Å². The lowest BCUT2D eigenvalue weighted by Crippen LogP contribution is -2.60. The van der Waals surface area contributed by atoms with Crippen LogP contribution in [0, 0.1) is 11.8 Å². The fraction of sp³-hybridized carbons (Fsp3) is 0.449. The number of rotatable bonds is 4. The van der Waals surface area contributed by atoms with Gasteiger partial charge in [-0.2, -0.15) is 0 Å². The summed E-state index contributed by atoms with van der Waals surface area (Å²) in [6, 6.07) is 45.0. The molecule has 2 aliphatic heterocycles. The summed E-state index contributed by atoms with van der Waals surface area (Å²) in [5.74, 6) is 2.45. The van der Waals surface area contributed by atoms with Crippen LogP contribution in [0.15, 0.2) is 109 Å². The van der Waals surface area contributed by atoms with E-state index in [4.69, 9.17) is 0 Å². The number of nitrogens with zero attached hydrogens (tertiary/aromatic N) is 2. The number of fused-ring (bicyclic) bond motifs is 9. The average Bonchev–Trinajstić information content (AvgIpc) is 4.07. The monoisotopic (exact) mass is 981 g/mol. The van der Waals surface area contributed by atoms with E-state index in [0.29, 0.717) is 5.92 Å². The maximum Gasteiger partial charge on any atom is 0.264 e. The second kappa shape index (κ2) is 16.2. The second-order valence-electron chi connectivity index (χ2n) is 29.0. The average molecular weight is 981 g/mol. The molecule has 12 rings (SSSR count). The topological polar surface area (TPSA) is 6.48 Å². The van der Waals surface area contributed by atoms with E-state index in [1.807, 2.05) is 11.3 Å². The molecule has 0 amide bonds. The highest BCUT2D eigenvalue weighted by molar-refractivity contribution is 7.33. The number of para-hydroxylation sites is 1. The lowest BCUT2D eigenvalue weighted by Gasteiger charge is -2.46. The van der Waals surface area contributed by atoms with Gasteiger partial charge in [-0.1, -0.05) is 172 Å². The van der Waals surface area contributed by atoms with Crippen LogP contribution in [-0.2, 0) is 32.5 Å². The highest BCUT2D eigenvalue weighted by Crippen LogP contribution is 2.56. The largest absolute Gasteiger partial charge is 0.311 e. The van der Waals surface area contributed by atoms with E-state index in [9.17, 15) is 0 Å². The Kier molecular flexibility index (Phi) is 10.9. The SMILES string of the molecule is CC(C)(C)c1cc(-c2cc3c(cc2N2c4ccccc4B4c5sc6ccc(C(C)(C)C)cc6c5N(c5ccc(C6CC7CCC6C7)cc5)c5cc(C(C)(C)C)cc2c54)C(C)(C)CCC3(C)C)cc(C(C)(C)C)c1. The Hall–Kier alpha value is -5.06. The summed E-state index contributed by atoms with van der Waals surface area (Å²) in [5.41, 5.74) is 23.2. The molecular weight excluding hydrogens is 900 g/mol. The Bertz CT molecular complexity index is 3340. The molecule has 0 radical (unpaired) electrons. The van der Waals surface area contributed by atoms with Gasteiger partial charge in [0.15, 0.2) is 0 Å². The van der Waals surface area contributed by atoms with Crippen LogP contribution in [-0.4, -0.2) is 6.71 Å². The van der Waals surface area contributed by atoms with Crippen molar-refractivity contribution in [2.24, 2.45) is 11.8 Å². The minimum Gasteiger partial charge on any atom is -0.311 e. The van der Waals surface area contributed by atoms with Gasteiger partial charge in [0.05, 0.1) is 11.4 Å². The van der Waals surface area contributed by atoms with E-state index in [1.165, 1.54) is 142 Å². The van der Waals surface area contributed by atoms with E-state index in [-0.39, 0.29) is 39.2 Å². The molecular formula is C69H81BN2S. The Labute approximate surface area is 444 Å². The number of anilines is 6. The summed E-state index contributed by atoms with van der Waals surface area (Å²) in [6.07, 6.45) is 7.94. The summed E-state index contributed by atoms with van der Waals surface area (Å²) in [6.45, 7) is 38.7. The third kappa shape index (κ3) is 7.91. The van der Waals surface area contributed by atoms with Crippen molar-refractivity contribution in [2.75, 3.05) is 9.80 Å². The predicted octanol–water partition coefficient (Wildman–Crippen LogP) is 18.1. The van der Waals surface area contributed by atoms with E-state index in [1.54, 1.807) is 0 Å². The van der Waals surface area contributed by atoms with Crippen molar-refractivity contribution >= 4 is 78.0 Å². The summed E-state index contributed by atoms with van der Waals surface area (Å²) in [7, 11) is 0. The molecule has 1 aromatic heterocycles. The van der Waals surface area contributed by atoms with Crippen LogP contribution in [0.3, 0.4) is 0 Å². The van der Waals surface area contributed by atoms with Gasteiger partial charge < -0.3 is 9.80 Å². The summed E-state index contributed by atoms with van der Waals surface area (Å²) in [5, 5.41) is 1.37. The minimum absolute atomic E-state index is 0.0175. The third-order valence-corrected chi connectivity index (χ3v) is 20.0. The number of hydrogen-bond acceptors (Lipinski definition) is 3. The van der Waals surface area contributed by atoms with Crippen LogP contribution >= 0.6 is 11.3 Å².